The minimum Gasteiger partial charge on any atom is -0.464 e. The van der Waals surface area contributed by atoms with E-state index in [1.54, 1.807) is 6.20 Å². The van der Waals surface area contributed by atoms with Crippen LogP contribution >= 0.6 is 0 Å². The predicted molar refractivity (Wildman–Crippen MR) is 131 cm³/mol. The number of carboxylic acid groups (broad SMARTS) is 1. The lowest BCUT2D eigenvalue weighted by Crippen LogP contribution is -2.46. The first-order valence-electron chi connectivity index (χ1n) is 11.4. The Morgan fingerprint density at radius 2 is 1.79 bits per heavy atom. The summed E-state index contributed by atoms with van der Waals surface area (Å²) in [6, 6.07) is 2.02. The highest BCUT2D eigenvalue weighted by molar-refractivity contribution is 6.00. The minimum absolute atomic E-state index is 0.0476. The van der Waals surface area contributed by atoms with Gasteiger partial charge in [0.1, 0.15) is 11.4 Å². The minimum atomic E-state index is -1.03. The summed E-state index contributed by atoms with van der Waals surface area (Å²) in [7, 11) is 0. The molecule has 0 bridgehead atoms. The van der Waals surface area contributed by atoms with E-state index in [0.717, 1.165) is 54.0 Å². The van der Waals surface area contributed by atoms with Crippen molar-refractivity contribution < 1.29 is 19.4 Å². The molecule has 2 aromatic heterocycles. The van der Waals surface area contributed by atoms with E-state index in [-0.39, 0.29) is 6.04 Å². The Morgan fingerprint density at radius 1 is 1.18 bits per heavy atom. The van der Waals surface area contributed by atoms with Crippen LogP contribution in [0.15, 0.2) is 18.8 Å². The number of nitrogens with one attached hydrogen (secondary N) is 1. The van der Waals surface area contributed by atoms with Crippen LogP contribution in [0.2, 0.25) is 0 Å². The molecule has 0 saturated carbocycles. The molecule has 8 nitrogen and oxygen atoms in total. The van der Waals surface area contributed by atoms with Crippen LogP contribution in [0.4, 0.5) is 15.4 Å². The summed E-state index contributed by atoms with van der Waals surface area (Å²) in [5.41, 5.74) is 2.06. The monoisotopic (exact) mass is 456 g/mol. The number of allylic oxidation sites excluding steroid dienone is 1. The van der Waals surface area contributed by atoms with Crippen LogP contribution in [0.3, 0.4) is 0 Å². The molecule has 0 aliphatic carbocycles. The molecule has 0 radical (unpaired) electrons. The molecule has 1 saturated heterocycles. The third-order valence-corrected chi connectivity index (χ3v) is 5.71. The lowest BCUT2D eigenvalue weighted by molar-refractivity contribution is 0.0497. The number of aromatic nitrogens is 2. The maximum Gasteiger partial charge on any atom is 0.416 e. The van der Waals surface area contributed by atoms with Crippen LogP contribution in [-0.4, -0.2) is 51.6 Å². The Bertz CT molecular complexity index is 1080. The number of amides is 1. The summed E-state index contributed by atoms with van der Waals surface area (Å²) in [5, 5.41) is 13.8. The van der Waals surface area contributed by atoms with E-state index in [9.17, 15) is 14.7 Å². The standard InChI is InChI=1S/C25H36N4O4/c1-15(2)20-17-13-19(26-14-18(17)29(23(31)32)21(20)24(3,4)5)28-11-9-16(10-12-28)27-22(30)33-25(6,7)8/h13-14,16H,1,9-12H2,2-8H3,(H,27,30)(H,31,32). The van der Waals surface area contributed by atoms with E-state index in [1.165, 1.54) is 4.57 Å². The molecule has 0 aromatic carbocycles. The lowest BCUT2D eigenvalue weighted by atomic mass is 9.87. The SMILES string of the molecule is C=C(C)c1c(C(C)(C)C)n(C(=O)O)c2cnc(N3CCC(NC(=O)OC(C)(C)C)CC3)cc12. The van der Waals surface area contributed by atoms with Gasteiger partial charge in [-0.1, -0.05) is 27.4 Å². The van der Waals surface area contributed by atoms with Crippen molar-refractivity contribution in [1.82, 2.24) is 14.9 Å². The van der Waals surface area contributed by atoms with Crippen molar-refractivity contribution in [3.63, 3.8) is 0 Å². The summed E-state index contributed by atoms with van der Waals surface area (Å²) in [4.78, 5) is 31.0. The second-order valence-corrected chi connectivity index (χ2v) is 10.8. The van der Waals surface area contributed by atoms with Crippen molar-refractivity contribution in [1.29, 1.82) is 0 Å². The second kappa shape index (κ2) is 8.72. The quantitative estimate of drug-likeness (QED) is 0.643. The van der Waals surface area contributed by atoms with Gasteiger partial charge < -0.3 is 20.1 Å². The highest BCUT2D eigenvalue weighted by atomic mass is 16.6. The number of hydrogen-bond acceptors (Lipinski definition) is 5. The molecule has 2 aromatic rings. The molecular formula is C25H36N4O4. The zero-order chi connectivity index (χ0) is 24.7. The van der Waals surface area contributed by atoms with Gasteiger partial charge in [-0.3, -0.25) is 0 Å². The Labute approximate surface area is 195 Å². The molecule has 2 N–H and O–H groups in total. The molecule has 1 fully saturated rings. The topological polar surface area (TPSA) is 96.7 Å². The van der Waals surface area contributed by atoms with Crippen molar-refractivity contribution in [2.24, 2.45) is 0 Å². The van der Waals surface area contributed by atoms with Gasteiger partial charge in [-0.15, -0.1) is 0 Å². The number of rotatable bonds is 3. The molecule has 1 aliphatic rings. The predicted octanol–water partition coefficient (Wildman–Crippen LogP) is 5.39. The summed E-state index contributed by atoms with van der Waals surface area (Å²) < 4.78 is 6.70. The Balaban J connectivity index is 1.88. The third kappa shape index (κ3) is 5.31. The number of hydrogen-bond donors (Lipinski definition) is 2. The molecule has 1 aliphatic heterocycles. The number of alkyl carbamates (subject to hydrolysis) is 1. The van der Waals surface area contributed by atoms with Crippen LogP contribution in [0.1, 0.15) is 72.6 Å². The van der Waals surface area contributed by atoms with Crippen LogP contribution in [-0.2, 0) is 10.2 Å². The number of carbonyl (C=O) groups excluding carboxylic acids is 1. The van der Waals surface area contributed by atoms with Gasteiger partial charge in [0.2, 0.25) is 0 Å². The van der Waals surface area contributed by atoms with Gasteiger partial charge in [-0.05, 0) is 52.2 Å². The van der Waals surface area contributed by atoms with Crippen molar-refractivity contribution in [2.45, 2.75) is 78.4 Å². The highest BCUT2D eigenvalue weighted by Crippen LogP contribution is 2.39. The third-order valence-electron chi connectivity index (χ3n) is 5.71. The summed E-state index contributed by atoms with van der Waals surface area (Å²) in [6.07, 6.45) is 1.77. The van der Waals surface area contributed by atoms with Gasteiger partial charge in [-0.2, -0.15) is 0 Å². The van der Waals surface area contributed by atoms with Crippen LogP contribution in [0.25, 0.3) is 16.5 Å². The molecule has 0 spiro atoms. The zero-order valence-electron chi connectivity index (χ0n) is 20.8. The second-order valence-electron chi connectivity index (χ2n) is 10.8. The molecular weight excluding hydrogens is 420 g/mol. The average Bonchev–Trinajstić information content (AvgIpc) is 3.02. The molecule has 8 heteroatoms. The van der Waals surface area contributed by atoms with E-state index in [4.69, 9.17) is 4.74 Å². The van der Waals surface area contributed by atoms with Crippen molar-refractivity contribution in [2.75, 3.05) is 18.0 Å². The van der Waals surface area contributed by atoms with Crippen LogP contribution in [0.5, 0.6) is 0 Å². The van der Waals surface area contributed by atoms with Crippen molar-refractivity contribution >= 4 is 34.5 Å². The number of anilines is 1. The number of fused-ring (bicyclic) bond motifs is 1. The molecule has 0 atom stereocenters. The average molecular weight is 457 g/mol. The maximum atomic E-state index is 12.2. The van der Waals surface area contributed by atoms with Crippen molar-refractivity contribution in [3.8, 4) is 0 Å². The van der Waals surface area contributed by atoms with Gasteiger partial charge in [-0.25, -0.2) is 19.1 Å². The van der Waals surface area contributed by atoms with Gasteiger partial charge in [0.05, 0.1) is 11.7 Å². The lowest BCUT2D eigenvalue weighted by Gasteiger charge is -2.33. The normalized spacial score (nSPS) is 15.5. The van der Waals surface area contributed by atoms with Crippen LogP contribution in [0, 0.1) is 0 Å². The number of carbonyl (C=O) groups is 2. The Morgan fingerprint density at radius 3 is 2.27 bits per heavy atom. The fourth-order valence-corrected chi connectivity index (χ4v) is 4.42. The first kappa shape index (κ1) is 24.6. The zero-order valence-corrected chi connectivity index (χ0v) is 20.8. The largest absolute Gasteiger partial charge is 0.464 e. The molecule has 0 unspecified atom stereocenters. The molecule has 3 rings (SSSR count). The molecule has 180 valence electrons. The maximum absolute atomic E-state index is 12.2. The van der Waals surface area contributed by atoms with Crippen LogP contribution < -0.4 is 10.2 Å². The molecule has 1 amide bonds. The van der Waals surface area contributed by atoms with Gasteiger partial charge in [0.15, 0.2) is 0 Å². The van der Waals surface area contributed by atoms with E-state index in [0.29, 0.717) is 5.52 Å². The van der Waals surface area contributed by atoms with Gasteiger partial charge in [0.25, 0.3) is 0 Å². The molecule has 33 heavy (non-hydrogen) atoms. The first-order valence-corrected chi connectivity index (χ1v) is 11.4. The number of nitrogens with zero attached hydrogens (tertiary/aromatic N) is 3. The Kier molecular flexibility index (Phi) is 6.51. The number of pyridine rings is 1. The van der Waals surface area contributed by atoms with Crippen molar-refractivity contribution in [3.05, 3.63) is 30.1 Å². The summed E-state index contributed by atoms with van der Waals surface area (Å²) >= 11 is 0. The van der Waals surface area contributed by atoms with E-state index in [2.05, 4.69) is 21.8 Å². The number of ether oxygens (including phenoxy) is 1. The van der Waals surface area contributed by atoms with E-state index < -0.39 is 23.2 Å². The van der Waals surface area contributed by atoms with Gasteiger partial charge >= 0.3 is 12.2 Å². The highest BCUT2D eigenvalue weighted by Gasteiger charge is 2.31. The van der Waals surface area contributed by atoms with Gasteiger partial charge in [0, 0.05) is 41.2 Å². The first-order chi connectivity index (χ1) is 15.2. The smallest absolute Gasteiger partial charge is 0.416 e. The fourth-order valence-electron chi connectivity index (χ4n) is 4.42. The van der Waals surface area contributed by atoms with E-state index in [1.807, 2.05) is 54.5 Å². The molecule has 3 heterocycles. The van der Waals surface area contributed by atoms with E-state index >= 15 is 0 Å². The summed E-state index contributed by atoms with van der Waals surface area (Å²) in [5.74, 6) is 0.795. The summed E-state index contributed by atoms with van der Waals surface area (Å²) in [6.45, 7) is 19.1. The number of piperidine rings is 1. The fraction of sp³-hybridized carbons (Fsp3) is 0.560. The Hall–Kier alpha value is -3.03.